The van der Waals surface area contributed by atoms with Crippen LogP contribution in [0.15, 0.2) is 18.2 Å². The fourth-order valence-corrected chi connectivity index (χ4v) is 1.18. The predicted octanol–water partition coefficient (Wildman–Crippen LogP) is 1.52. The van der Waals surface area contributed by atoms with E-state index >= 15 is 0 Å². The van der Waals surface area contributed by atoms with Gasteiger partial charge in [-0.1, -0.05) is 6.07 Å². The largest absolute Gasteiger partial charge is 0.481 e. The summed E-state index contributed by atoms with van der Waals surface area (Å²) < 4.78 is 12.8. The molecule has 0 saturated heterocycles. The molecule has 72 valence electrons. The highest BCUT2D eigenvalue weighted by molar-refractivity contribution is 5.70. The Morgan fingerprint density at radius 1 is 1.50 bits per heavy atom. The van der Waals surface area contributed by atoms with Crippen LogP contribution in [0, 0.1) is 17.1 Å². The molecule has 0 aliphatic rings. The Labute approximate surface area is 80.4 Å². The number of nitriles is 1. The number of carbonyl (C=O) groups is 1. The van der Waals surface area contributed by atoms with Gasteiger partial charge in [-0.15, -0.1) is 0 Å². The summed E-state index contributed by atoms with van der Waals surface area (Å²) in [6, 6.07) is 5.72. The third-order valence-corrected chi connectivity index (χ3v) is 1.78. The van der Waals surface area contributed by atoms with E-state index in [1.54, 1.807) is 0 Å². The number of aliphatic carboxylic acids is 1. The Hall–Kier alpha value is -1.89. The van der Waals surface area contributed by atoms with Crippen LogP contribution >= 0.6 is 0 Å². The Bertz CT molecular complexity index is 396. The summed E-state index contributed by atoms with van der Waals surface area (Å²) in [5, 5.41) is 17.0. The molecule has 0 aliphatic carbocycles. The number of benzene rings is 1. The van der Waals surface area contributed by atoms with Crippen LogP contribution in [0.3, 0.4) is 0 Å². The van der Waals surface area contributed by atoms with Crippen LogP contribution in [0.2, 0.25) is 0 Å². The zero-order valence-electron chi connectivity index (χ0n) is 7.33. The van der Waals surface area contributed by atoms with Gasteiger partial charge >= 0.3 is 5.97 Å². The van der Waals surface area contributed by atoms with Gasteiger partial charge in [0.05, 0.1) is 18.9 Å². The number of halogens is 1. The number of carboxylic acids is 1. The lowest BCUT2D eigenvalue weighted by Crippen LogP contribution is -2.04. The van der Waals surface area contributed by atoms with Gasteiger partial charge in [-0.2, -0.15) is 5.26 Å². The molecule has 0 aliphatic heterocycles. The van der Waals surface area contributed by atoms with E-state index in [0.29, 0.717) is 11.1 Å². The Morgan fingerprint density at radius 2 is 2.21 bits per heavy atom. The molecule has 0 radical (unpaired) electrons. The fraction of sp³-hybridized carbons (Fsp3) is 0.200. The first-order valence-corrected chi connectivity index (χ1v) is 3.99. The molecule has 0 bridgehead atoms. The molecule has 0 spiro atoms. The number of hydrogen-bond donors (Lipinski definition) is 1. The van der Waals surface area contributed by atoms with Crippen molar-refractivity contribution in [2.75, 3.05) is 0 Å². The van der Waals surface area contributed by atoms with Gasteiger partial charge in [0.25, 0.3) is 0 Å². The van der Waals surface area contributed by atoms with E-state index in [4.69, 9.17) is 10.4 Å². The van der Waals surface area contributed by atoms with Crippen LogP contribution < -0.4 is 0 Å². The number of hydrogen-bond acceptors (Lipinski definition) is 2. The monoisotopic (exact) mass is 193 g/mol. The van der Waals surface area contributed by atoms with Gasteiger partial charge in [-0.25, -0.2) is 4.39 Å². The number of nitrogens with zero attached hydrogens (tertiary/aromatic N) is 1. The maximum Gasteiger partial charge on any atom is 0.307 e. The molecule has 14 heavy (non-hydrogen) atoms. The van der Waals surface area contributed by atoms with Crippen molar-refractivity contribution < 1.29 is 14.3 Å². The smallest absolute Gasteiger partial charge is 0.307 e. The first-order valence-electron chi connectivity index (χ1n) is 3.99. The quantitative estimate of drug-likeness (QED) is 0.791. The maximum atomic E-state index is 12.8. The Morgan fingerprint density at radius 3 is 2.79 bits per heavy atom. The molecule has 1 N–H and O–H groups in total. The number of rotatable bonds is 3. The molecule has 0 unspecified atom stereocenters. The zero-order valence-corrected chi connectivity index (χ0v) is 7.33. The van der Waals surface area contributed by atoms with Crippen LogP contribution in [0.5, 0.6) is 0 Å². The van der Waals surface area contributed by atoms with Crippen LogP contribution in [0.1, 0.15) is 11.1 Å². The summed E-state index contributed by atoms with van der Waals surface area (Å²) >= 11 is 0. The molecule has 1 rings (SSSR count). The van der Waals surface area contributed by atoms with Gasteiger partial charge in [-0.05, 0) is 23.3 Å². The second kappa shape index (κ2) is 4.38. The Kier molecular flexibility index (Phi) is 3.19. The van der Waals surface area contributed by atoms with E-state index in [9.17, 15) is 9.18 Å². The molecule has 0 aromatic heterocycles. The van der Waals surface area contributed by atoms with E-state index in [-0.39, 0.29) is 12.8 Å². The minimum absolute atomic E-state index is 0.100. The van der Waals surface area contributed by atoms with Crippen molar-refractivity contribution >= 4 is 5.97 Å². The van der Waals surface area contributed by atoms with Gasteiger partial charge in [-0.3, -0.25) is 4.79 Å². The van der Waals surface area contributed by atoms with Gasteiger partial charge < -0.3 is 5.11 Å². The summed E-state index contributed by atoms with van der Waals surface area (Å²) in [6.07, 6.45) is -0.155. The van der Waals surface area contributed by atoms with Crippen LogP contribution in [0.25, 0.3) is 0 Å². The SMILES string of the molecule is N#CCc1ccc(F)cc1CC(=O)O. The van der Waals surface area contributed by atoms with Crippen molar-refractivity contribution in [3.05, 3.63) is 35.1 Å². The van der Waals surface area contributed by atoms with E-state index in [1.165, 1.54) is 12.1 Å². The summed E-state index contributed by atoms with van der Waals surface area (Å²) in [7, 11) is 0. The lowest BCUT2D eigenvalue weighted by Gasteiger charge is -2.03. The molecule has 0 heterocycles. The van der Waals surface area contributed by atoms with Crippen molar-refractivity contribution in [3.8, 4) is 6.07 Å². The predicted molar refractivity (Wildman–Crippen MR) is 47.1 cm³/mol. The van der Waals surface area contributed by atoms with Crippen molar-refractivity contribution in [2.24, 2.45) is 0 Å². The van der Waals surface area contributed by atoms with E-state index in [2.05, 4.69) is 0 Å². The number of carboxylic acid groups (broad SMARTS) is 1. The molecule has 1 aromatic rings. The lowest BCUT2D eigenvalue weighted by molar-refractivity contribution is -0.136. The van der Waals surface area contributed by atoms with E-state index in [1.807, 2.05) is 6.07 Å². The van der Waals surface area contributed by atoms with Crippen LogP contribution in [0.4, 0.5) is 4.39 Å². The van der Waals surface area contributed by atoms with Crippen molar-refractivity contribution in [3.63, 3.8) is 0 Å². The highest BCUT2D eigenvalue weighted by Gasteiger charge is 2.07. The van der Waals surface area contributed by atoms with Gasteiger partial charge in [0.2, 0.25) is 0 Å². The van der Waals surface area contributed by atoms with E-state index < -0.39 is 11.8 Å². The minimum Gasteiger partial charge on any atom is -0.481 e. The Balaban J connectivity index is 3.03. The fourth-order valence-electron chi connectivity index (χ4n) is 1.18. The third kappa shape index (κ3) is 2.56. The molecule has 4 heteroatoms. The molecule has 3 nitrogen and oxygen atoms in total. The highest BCUT2D eigenvalue weighted by atomic mass is 19.1. The van der Waals surface area contributed by atoms with Crippen molar-refractivity contribution in [1.29, 1.82) is 5.26 Å². The van der Waals surface area contributed by atoms with Crippen molar-refractivity contribution in [1.82, 2.24) is 0 Å². The van der Waals surface area contributed by atoms with Gasteiger partial charge in [0, 0.05) is 0 Å². The molecular weight excluding hydrogens is 185 g/mol. The average Bonchev–Trinajstić information content (AvgIpc) is 2.09. The molecule has 0 atom stereocenters. The van der Waals surface area contributed by atoms with Crippen LogP contribution in [-0.4, -0.2) is 11.1 Å². The molecule has 0 saturated carbocycles. The van der Waals surface area contributed by atoms with Crippen molar-refractivity contribution in [2.45, 2.75) is 12.8 Å². The zero-order chi connectivity index (χ0) is 10.6. The normalized spacial score (nSPS) is 9.43. The van der Waals surface area contributed by atoms with Gasteiger partial charge in [0.15, 0.2) is 0 Å². The summed E-state index contributed by atoms with van der Waals surface area (Å²) in [4.78, 5) is 10.4. The second-order valence-electron chi connectivity index (χ2n) is 2.82. The van der Waals surface area contributed by atoms with E-state index in [0.717, 1.165) is 6.07 Å². The standard InChI is InChI=1S/C10H8FNO2/c11-9-2-1-7(3-4-12)8(5-9)6-10(13)14/h1-2,5H,3,6H2,(H,13,14). The first-order chi connectivity index (χ1) is 6.63. The maximum absolute atomic E-state index is 12.8. The highest BCUT2D eigenvalue weighted by Crippen LogP contribution is 2.12. The average molecular weight is 193 g/mol. The summed E-state index contributed by atoms with van der Waals surface area (Å²) in [6.45, 7) is 0. The molecule has 1 aromatic carbocycles. The first kappa shape index (κ1) is 10.2. The third-order valence-electron chi connectivity index (χ3n) is 1.78. The summed E-state index contributed by atoms with van der Waals surface area (Å²) in [5.74, 6) is -1.52. The second-order valence-corrected chi connectivity index (χ2v) is 2.82. The minimum atomic E-state index is -1.03. The topological polar surface area (TPSA) is 61.1 Å². The summed E-state index contributed by atoms with van der Waals surface area (Å²) in [5.41, 5.74) is 0.926. The molecular formula is C10H8FNO2. The lowest BCUT2D eigenvalue weighted by atomic mass is 10.0. The molecule has 0 fully saturated rings. The van der Waals surface area contributed by atoms with Gasteiger partial charge in [0.1, 0.15) is 5.82 Å². The van der Waals surface area contributed by atoms with Crippen LogP contribution in [-0.2, 0) is 17.6 Å². The molecule has 0 amide bonds.